The van der Waals surface area contributed by atoms with Crippen LogP contribution in [0.1, 0.15) is 200 Å². The number of aliphatic hydroxyl groups is 3. The van der Waals surface area contributed by atoms with Crippen LogP contribution in [0.3, 0.4) is 0 Å². The van der Waals surface area contributed by atoms with E-state index in [1.165, 1.54) is 109 Å². The van der Waals surface area contributed by atoms with Crippen molar-refractivity contribution in [1.29, 1.82) is 0 Å². The molecule has 0 bridgehead atoms. The average Bonchev–Trinajstić information content (AvgIpc) is 3.17. The van der Waals surface area contributed by atoms with Crippen molar-refractivity contribution in [3.05, 3.63) is 12.2 Å². The van der Waals surface area contributed by atoms with Gasteiger partial charge in [0.2, 0.25) is 0 Å². The highest BCUT2D eigenvalue weighted by Gasteiger charge is 2.46. The van der Waals surface area contributed by atoms with Gasteiger partial charge in [-0.3, -0.25) is 14.1 Å². The summed E-state index contributed by atoms with van der Waals surface area (Å²) >= 11 is 0. The molecule has 1 rings (SSSR count). The molecule has 0 amide bonds. The van der Waals surface area contributed by atoms with Crippen LogP contribution in [-0.2, 0) is 38.7 Å². The lowest BCUT2D eigenvalue weighted by atomic mass is 10.00. The minimum absolute atomic E-state index is 0.163. The maximum atomic E-state index is 12.8. The van der Waals surface area contributed by atoms with Gasteiger partial charge in [0.25, 0.3) is 10.1 Å². The van der Waals surface area contributed by atoms with Gasteiger partial charge in [0, 0.05) is 12.8 Å². The summed E-state index contributed by atoms with van der Waals surface area (Å²) in [5.74, 6) is -1.98. The van der Waals surface area contributed by atoms with Gasteiger partial charge < -0.3 is 34.3 Å². The van der Waals surface area contributed by atoms with Gasteiger partial charge in [-0.25, -0.2) is 0 Å². The fraction of sp³-hybridized carbons (Fsp3) is 0.909. The molecule has 12 nitrogen and oxygen atoms in total. The lowest BCUT2D eigenvalue weighted by Crippen LogP contribution is -2.60. The molecule has 4 N–H and O–H groups in total. The first-order valence-corrected chi connectivity index (χ1v) is 24.4. The second kappa shape index (κ2) is 35.2. The molecule has 0 spiro atoms. The summed E-state index contributed by atoms with van der Waals surface area (Å²) in [6.07, 6.45) is 26.8. The lowest BCUT2D eigenvalue weighted by Gasteiger charge is -2.40. The largest absolute Gasteiger partial charge is 0.462 e. The van der Waals surface area contributed by atoms with Crippen LogP contribution < -0.4 is 0 Å². The zero-order chi connectivity index (χ0) is 42.0. The Kier molecular flexibility index (Phi) is 33.0. The molecular formula is C44H82O12S. The third kappa shape index (κ3) is 30.1. The zero-order valence-electron chi connectivity index (χ0n) is 35.7. The van der Waals surface area contributed by atoms with Gasteiger partial charge >= 0.3 is 11.9 Å². The van der Waals surface area contributed by atoms with Gasteiger partial charge in [-0.1, -0.05) is 161 Å². The predicted octanol–water partition coefficient (Wildman–Crippen LogP) is 9.06. The summed E-state index contributed by atoms with van der Waals surface area (Å²) in [5.41, 5.74) is 0. The molecule has 0 aromatic heterocycles. The molecular weight excluding hydrogens is 753 g/mol. The number of allylic oxidation sites excluding steroid dienone is 2. The number of carbonyl (C=O) groups is 2. The van der Waals surface area contributed by atoms with Crippen molar-refractivity contribution in [3.63, 3.8) is 0 Å². The number of ether oxygens (including phenoxy) is 4. The predicted molar refractivity (Wildman–Crippen MR) is 224 cm³/mol. The van der Waals surface area contributed by atoms with Crippen molar-refractivity contribution in [2.45, 2.75) is 237 Å². The molecule has 1 saturated heterocycles. The molecule has 0 radical (unpaired) electrons. The third-order valence-electron chi connectivity index (χ3n) is 10.6. The van der Waals surface area contributed by atoms with Gasteiger partial charge in [0.1, 0.15) is 36.8 Å². The monoisotopic (exact) mass is 835 g/mol. The van der Waals surface area contributed by atoms with Crippen LogP contribution in [0.15, 0.2) is 12.2 Å². The number of hydrogen-bond acceptors (Lipinski definition) is 11. The number of aliphatic hydroxyl groups excluding tert-OH is 3. The fourth-order valence-electron chi connectivity index (χ4n) is 7.02. The molecule has 1 heterocycles. The highest BCUT2D eigenvalue weighted by molar-refractivity contribution is 7.85. The zero-order valence-corrected chi connectivity index (χ0v) is 36.5. The smallest absolute Gasteiger partial charge is 0.306 e. The molecule has 2 unspecified atom stereocenters. The summed E-state index contributed by atoms with van der Waals surface area (Å²) in [4.78, 5) is 25.4. The number of carbonyl (C=O) groups excluding carboxylic acids is 2. The highest BCUT2D eigenvalue weighted by Crippen LogP contribution is 2.24. The maximum Gasteiger partial charge on any atom is 0.306 e. The van der Waals surface area contributed by atoms with Crippen molar-refractivity contribution < 1.29 is 56.8 Å². The number of rotatable bonds is 38. The Bertz CT molecular complexity index is 1120. The first-order valence-electron chi connectivity index (χ1n) is 22.7. The normalized spacial score (nSPS) is 20.6. The Morgan fingerprint density at radius 1 is 0.579 bits per heavy atom. The van der Waals surface area contributed by atoms with Crippen LogP contribution in [-0.4, -0.2) is 96.0 Å². The Balaban J connectivity index is 2.44. The van der Waals surface area contributed by atoms with Crippen LogP contribution in [0.25, 0.3) is 0 Å². The lowest BCUT2D eigenvalue weighted by molar-refractivity contribution is -0.297. The summed E-state index contributed by atoms with van der Waals surface area (Å²) in [6.45, 7) is 3.75. The Morgan fingerprint density at radius 2 is 1.00 bits per heavy atom. The molecule has 13 heteroatoms. The van der Waals surface area contributed by atoms with Crippen LogP contribution in [0.2, 0.25) is 0 Å². The Hall–Kier alpha value is -1.61. The van der Waals surface area contributed by atoms with Gasteiger partial charge in [0.05, 0.1) is 6.61 Å². The van der Waals surface area contributed by atoms with E-state index in [-0.39, 0.29) is 19.4 Å². The van der Waals surface area contributed by atoms with Gasteiger partial charge in [0.15, 0.2) is 12.4 Å². The minimum Gasteiger partial charge on any atom is -0.462 e. The second-order valence-corrected chi connectivity index (χ2v) is 17.6. The molecule has 0 aromatic rings. The second-order valence-electron chi connectivity index (χ2n) is 16.1. The van der Waals surface area contributed by atoms with Crippen molar-refractivity contribution in [2.75, 3.05) is 19.0 Å². The first-order chi connectivity index (χ1) is 27.5. The van der Waals surface area contributed by atoms with E-state index in [0.29, 0.717) is 12.8 Å². The van der Waals surface area contributed by atoms with Crippen LogP contribution in [0, 0.1) is 0 Å². The van der Waals surface area contributed by atoms with Gasteiger partial charge in [-0.2, -0.15) is 8.42 Å². The molecule has 6 atom stereocenters. The molecule has 0 aliphatic carbocycles. The van der Waals surface area contributed by atoms with Crippen molar-refractivity contribution in [3.8, 4) is 0 Å². The van der Waals surface area contributed by atoms with Crippen molar-refractivity contribution in [1.82, 2.24) is 0 Å². The Morgan fingerprint density at radius 3 is 1.47 bits per heavy atom. The van der Waals surface area contributed by atoms with Gasteiger partial charge in [-0.15, -0.1) is 0 Å². The SMILES string of the molecule is CCCCCC/C=C/CCCCCCCCCC(=O)O[C@H](COC(=O)CCCCCCCCCCCCCCCC)CO[C@H]1O[C@H](CS(=O)(=O)O)[C@@H](O)C(O)C1O. The molecule has 1 aliphatic heterocycles. The molecule has 336 valence electrons. The van der Waals surface area contributed by atoms with Crippen molar-refractivity contribution in [2.24, 2.45) is 0 Å². The van der Waals surface area contributed by atoms with E-state index < -0.39 is 71.2 Å². The Labute approximate surface area is 346 Å². The average molecular weight is 835 g/mol. The topological polar surface area (TPSA) is 186 Å². The van der Waals surface area contributed by atoms with E-state index >= 15 is 0 Å². The number of hydrogen-bond donors (Lipinski definition) is 4. The minimum atomic E-state index is -4.60. The summed E-state index contributed by atoms with van der Waals surface area (Å²) < 4.78 is 54.0. The van der Waals surface area contributed by atoms with Crippen LogP contribution in [0.4, 0.5) is 0 Å². The fourth-order valence-corrected chi connectivity index (χ4v) is 7.72. The number of esters is 2. The van der Waals surface area contributed by atoms with E-state index in [4.69, 9.17) is 18.9 Å². The van der Waals surface area contributed by atoms with E-state index in [9.17, 15) is 37.9 Å². The van der Waals surface area contributed by atoms with E-state index in [0.717, 1.165) is 51.4 Å². The quantitative estimate of drug-likeness (QED) is 0.0200. The summed E-state index contributed by atoms with van der Waals surface area (Å²) in [7, 11) is -4.60. The first kappa shape index (κ1) is 53.4. The standard InChI is InChI=1S/C44H82O12S/c1-3-5-7-9-11-13-15-17-19-21-23-25-27-29-31-33-40(46)55-37(35-54-44-43(49)42(48)41(47)38(56-44)36-57(50,51)52)34-53-39(45)32-30-28-26-24-22-20-18-16-14-12-10-8-6-4-2/h13,15,37-38,41-44,47-49H,3-12,14,16-36H2,1-2H3,(H,50,51,52)/b15-13+/t37-,38-,41-,42?,43?,44+/m1/s1. The number of unbranched alkanes of at least 4 members (excludes halogenated alkanes) is 24. The van der Waals surface area contributed by atoms with Crippen LogP contribution in [0.5, 0.6) is 0 Å². The van der Waals surface area contributed by atoms with E-state index in [1.54, 1.807) is 0 Å². The highest BCUT2D eigenvalue weighted by atomic mass is 32.2. The van der Waals surface area contributed by atoms with E-state index in [2.05, 4.69) is 26.0 Å². The van der Waals surface area contributed by atoms with Gasteiger partial charge in [-0.05, 0) is 38.5 Å². The molecule has 1 aliphatic rings. The molecule has 1 fully saturated rings. The van der Waals surface area contributed by atoms with Crippen LogP contribution >= 0.6 is 0 Å². The molecule has 0 saturated carbocycles. The third-order valence-corrected chi connectivity index (χ3v) is 11.3. The van der Waals surface area contributed by atoms with Crippen molar-refractivity contribution >= 4 is 22.1 Å². The summed E-state index contributed by atoms with van der Waals surface area (Å²) in [6, 6.07) is 0. The summed E-state index contributed by atoms with van der Waals surface area (Å²) in [5, 5.41) is 30.9. The van der Waals surface area contributed by atoms with E-state index in [1.807, 2.05) is 0 Å². The maximum absolute atomic E-state index is 12.8. The molecule has 57 heavy (non-hydrogen) atoms. The molecule has 0 aromatic carbocycles.